The van der Waals surface area contributed by atoms with Crippen LogP contribution in [0.3, 0.4) is 0 Å². The molecule has 82 valence electrons. The molecule has 0 bridgehead atoms. The molecule has 0 aliphatic heterocycles. The van der Waals surface area contributed by atoms with E-state index in [2.05, 4.69) is 12.8 Å². The highest BCUT2D eigenvalue weighted by Crippen LogP contribution is 2.22. The van der Waals surface area contributed by atoms with E-state index in [-0.39, 0.29) is 6.61 Å². The van der Waals surface area contributed by atoms with Crippen LogP contribution in [0.1, 0.15) is 38.5 Å². The number of aliphatic hydroxyl groups excluding tert-OH is 2. The molecule has 0 spiro atoms. The van der Waals surface area contributed by atoms with Crippen LogP contribution in [0.5, 0.6) is 0 Å². The highest BCUT2D eigenvalue weighted by Gasteiger charge is 2.13. The SMILES string of the molecule is OCC1C[CH]CCCC(CO)C[CH]C1. The van der Waals surface area contributed by atoms with E-state index in [0.29, 0.717) is 18.4 Å². The van der Waals surface area contributed by atoms with Crippen LogP contribution in [-0.2, 0) is 0 Å². The molecular formula is C12H22O2. The molecular weight excluding hydrogens is 176 g/mol. The molecule has 2 atom stereocenters. The van der Waals surface area contributed by atoms with Gasteiger partial charge < -0.3 is 10.2 Å². The van der Waals surface area contributed by atoms with Crippen molar-refractivity contribution < 1.29 is 10.2 Å². The lowest BCUT2D eigenvalue weighted by molar-refractivity contribution is 0.199. The molecule has 0 heterocycles. The third-order valence-corrected chi connectivity index (χ3v) is 3.04. The van der Waals surface area contributed by atoms with E-state index in [0.717, 1.165) is 32.1 Å². The first-order valence-electron chi connectivity index (χ1n) is 5.71. The number of rotatable bonds is 2. The minimum absolute atomic E-state index is 0.288. The van der Waals surface area contributed by atoms with Crippen molar-refractivity contribution >= 4 is 0 Å². The summed E-state index contributed by atoms with van der Waals surface area (Å²) in [4.78, 5) is 0. The van der Waals surface area contributed by atoms with Gasteiger partial charge in [-0.3, -0.25) is 0 Å². The van der Waals surface area contributed by atoms with Gasteiger partial charge in [-0.2, -0.15) is 0 Å². The van der Waals surface area contributed by atoms with Gasteiger partial charge in [0.1, 0.15) is 0 Å². The Labute approximate surface area is 87.3 Å². The summed E-state index contributed by atoms with van der Waals surface area (Å²) in [5.41, 5.74) is 0. The van der Waals surface area contributed by atoms with Gasteiger partial charge in [0.2, 0.25) is 0 Å². The van der Waals surface area contributed by atoms with Crippen LogP contribution >= 0.6 is 0 Å². The standard InChI is InChI=1S/C12H22O2/c13-9-11-5-2-1-3-6-12(10-14)8-4-7-11/h2,4,11-14H,1,3,5-10H2. The molecule has 1 rings (SSSR count). The Morgan fingerprint density at radius 1 is 0.929 bits per heavy atom. The van der Waals surface area contributed by atoms with Crippen LogP contribution in [0.15, 0.2) is 0 Å². The van der Waals surface area contributed by atoms with Crippen LogP contribution in [0.2, 0.25) is 0 Å². The first-order chi connectivity index (χ1) is 6.86. The van der Waals surface area contributed by atoms with Crippen molar-refractivity contribution in [2.24, 2.45) is 11.8 Å². The highest BCUT2D eigenvalue weighted by atomic mass is 16.3. The first-order valence-corrected chi connectivity index (χ1v) is 5.71. The Balaban J connectivity index is 2.29. The van der Waals surface area contributed by atoms with Crippen molar-refractivity contribution in [3.63, 3.8) is 0 Å². The normalized spacial score (nSPS) is 31.3. The Morgan fingerprint density at radius 3 is 2.29 bits per heavy atom. The lowest BCUT2D eigenvalue weighted by atomic mass is 9.88. The second-order valence-electron chi connectivity index (χ2n) is 4.31. The summed E-state index contributed by atoms with van der Waals surface area (Å²) < 4.78 is 0. The zero-order valence-electron chi connectivity index (χ0n) is 8.86. The van der Waals surface area contributed by atoms with Crippen molar-refractivity contribution in [3.8, 4) is 0 Å². The second kappa shape index (κ2) is 7.24. The molecule has 1 aliphatic rings. The van der Waals surface area contributed by atoms with E-state index < -0.39 is 0 Å². The van der Waals surface area contributed by atoms with Crippen molar-refractivity contribution in [1.82, 2.24) is 0 Å². The fourth-order valence-corrected chi connectivity index (χ4v) is 2.00. The Bertz CT molecular complexity index is 122. The van der Waals surface area contributed by atoms with E-state index in [1.165, 1.54) is 6.42 Å². The summed E-state index contributed by atoms with van der Waals surface area (Å²) in [5, 5.41) is 18.2. The van der Waals surface area contributed by atoms with Gasteiger partial charge in [0.25, 0.3) is 0 Å². The molecule has 1 saturated carbocycles. The molecule has 2 nitrogen and oxygen atoms in total. The molecule has 0 aromatic carbocycles. The van der Waals surface area contributed by atoms with Gasteiger partial charge in [-0.1, -0.05) is 12.8 Å². The van der Waals surface area contributed by atoms with Crippen LogP contribution in [0, 0.1) is 24.7 Å². The van der Waals surface area contributed by atoms with E-state index in [1.54, 1.807) is 0 Å². The summed E-state index contributed by atoms with van der Waals surface area (Å²) in [6.45, 7) is 0.594. The van der Waals surface area contributed by atoms with Crippen LogP contribution in [0.25, 0.3) is 0 Å². The van der Waals surface area contributed by atoms with E-state index in [1.807, 2.05) is 0 Å². The molecule has 0 aromatic rings. The maximum atomic E-state index is 9.11. The maximum absolute atomic E-state index is 9.11. The third-order valence-electron chi connectivity index (χ3n) is 3.04. The molecule has 0 amide bonds. The topological polar surface area (TPSA) is 40.5 Å². The van der Waals surface area contributed by atoms with Gasteiger partial charge in [-0.05, 0) is 50.4 Å². The summed E-state index contributed by atoms with van der Waals surface area (Å²) >= 11 is 0. The molecule has 1 fully saturated rings. The summed E-state index contributed by atoms with van der Waals surface area (Å²) in [6, 6.07) is 0. The molecule has 14 heavy (non-hydrogen) atoms. The van der Waals surface area contributed by atoms with Crippen molar-refractivity contribution in [3.05, 3.63) is 12.8 Å². The lowest BCUT2D eigenvalue weighted by Crippen LogP contribution is -2.12. The van der Waals surface area contributed by atoms with E-state index in [9.17, 15) is 0 Å². The minimum Gasteiger partial charge on any atom is -0.396 e. The zero-order valence-corrected chi connectivity index (χ0v) is 8.86. The summed E-state index contributed by atoms with van der Waals surface area (Å²) in [5.74, 6) is 0.855. The van der Waals surface area contributed by atoms with Crippen molar-refractivity contribution in [2.45, 2.75) is 38.5 Å². The Hall–Kier alpha value is -0.0800. The average Bonchev–Trinajstić information content (AvgIpc) is 2.24. The van der Waals surface area contributed by atoms with E-state index in [4.69, 9.17) is 10.2 Å². The lowest BCUT2D eigenvalue weighted by Gasteiger charge is -2.19. The Kier molecular flexibility index (Phi) is 6.20. The van der Waals surface area contributed by atoms with Gasteiger partial charge in [-0.15, -0.1) is 0 Å². The smallest absolute Gasteiger partial charge is 0.0459 e. The molecule has 2 heteroatoms. The van der Waals surface area contributed by atoms with E-state index >= 15 is 0 Å². The van der Waals surface area contributed by atoms with Crippen LogP contribution in [0.4, 0.5) is 0 Å². The fraction of sp³-hybridized carbons (Fsp3) is 0.833. The Morgan fingerprint density at radius 2 is 1.57 bits per heavy atom. The first kappa shape index (κ1) is 12.0. The molecule has 1 aliphatic carbocycles. The highest BCUT2D eigenvalue weighted by molar-refractivity contribution is 4.80. The largest absolute Gasteiger partial charge is 0.396 e. The van der Waals surface area contributed by atoms with Crippen LogP contribution < -0.4 is 0 Å². The van der Waals surface area contributed by atoms with Crippen molar-refractivity contribution in [2.75, 3.05) is 13.2 Å². The summed E-state index contributed by atoms with van der Waals surface area (Å²) in [7, 11) is 0. The minimum atomic E-state index is 0.288. The van der Waals surface area contributed by atoms with Gasteiger partial charge in [0.05, 0.1) is 0 Å². The van der Waals surface area contributed by atoms with Crippen molar-refractivity contribution in [1.29, 1.82) is 0 Å². The molecule has 2 unspecified atom stereocenters. The summed E-state index contributed by atoms with van der Waals surface area (Å²) in [6.07, 6.45) is 11.0. The fourth-order valence-electron chi connectivity index (χ4n) is 2.00. The van der Waals surface area contributed by atoms with Crippen LogP contribution in [-0.4, -0.2) is 23.4 Å². The van der Waals surface area contributed by atoms with Gasteiger partial charge >= 0.3 is 0 Å². The quantitative estimate of drug-likeness (QED) is 0.712. The van der Waals surface area contributed by atoms with Gasteiger partial charge in [0.15, 0.2) is 0 Å². The van der Waals surface area contributed by atoms with Gasteiger partial charge in [0, 0.05) is 13.2 Å². The second-order valence-corrected chi connectivity index (χ2v) is 4.31. The molecule has 2 N–H and O–H groups in total. The third kappa shape index (κ3) is 4.43. The molecule has 2 radical (unpaired) electrons. The van der Waals surface area contributed by atoms with Gasteiger partial charge in [-0.25, -0.2) is 0 Å². The number of aliphatic hydroxyl groups is 2. The monoisotopic (exact) mass is 198 g/mol. The number of hydrogen-bond donors (Lipinski definition) is 2. The molecule has 0 saturated heterocycles. The predicted octanol–water partition coefficient (Wildman–Crippen LogP) is 1.97. The maximum Gasteiger partial charge on any atom is 0.0459 e. The average molecular weight is 198 g/mol. The number of hydrogen-bond acceptors (Lipinski definition) is 2. The molecule has 0 aromatic heterocycles. The zero-order chi connectivity index (χ0) is 10.2. The predicted molar refractivity (Wildman–Crippen MR) is 57.5 cm³/mol.